The third-order valence-electron chi connectivity index (χ3n) is 7.72. The van der Waals surface area contributed by atoms with Gasteiger partial charge in [0.05, 0.1) is 10.6 Å². The van der Waals surface area contributed by atoms with Gasteiger partial charge in [-0.15, -0.1) is 0 Å². The molecule has 10 heteroatoms. The Labute approximate surface area is 258 Å². The number of carbonyl (C=O) groups is 2. The quantitative estimate of drug-likeness (QED) is 0.271. The third-order valence-corrected chi connectivity index (χ3v) is 10.2. The number of sulfonamides is 1. The van der Waals surface area contributed by atoms with E-state index in [0.29, 0.717) is 21.3 Å². The zero-order valence-electron chi connectivity index (χ0n) is 24.1. The number of aryl methyl sites for hydroxylation is 2. The average molecular weight is 631 g/mol. The van der Waals surface area contributed by atoms with Crippen LogP contribution in [0.15, 0.2) is 71.6 Å². The van der Waals surface area contributed by atoms with Gasteiger partial charge >= 0.3 is 0 Å². The summed E-state index contributed by atoms with van der Waals surface area (Å²) in [5.74, 6) is -0.866. The van der Waals surface area contributed by atoms with Crippen molar-refractivity contribution in [3.63, 3.8) is 0 Å². The minimum atomic E-state index is -4.14. The lowest BCUT2D eigenvalue weighted by Gasteiger charge is -2.33. The fourth-order valence-electron chi connectivity index (χ4n) is 5.08. The Bertz CT molecular complexity index is 1490. The number of benzene rings is 3. The van der Waals surface area contributed by atoms with Gasteiger partial charge in [0.15, 0.2) is 0 Å². The van der Waals surface area contributed by atoms with Crippen molar-refractivity contribution in [2.24, 2.45) is 0 Å². The number of amides is 2. The first-order valence-electron chi connectivity index (χ1n) is 14.2. The highest BCUT2D eigenvalue weighted by Gasteiger charge is 2.33. The lowest BCUT2D eigenvalue weighted by molar-refractivity contribution is -0.139. The summed E-state index contributed by atoms with van der Waals surface area (Å²) in [6, 6.07) is 17.6. The summed E-state index contributed by atoms with van der Waals surface area (Å²) in [6.07, 6.45) is 5.00. The Kier molecular flexibility index (Phi) is 10.6. The maximum Gasteiger partial charge on any atom is 0.264 e. The summed E-state index contributed by atoms with van der Waals surface area (Å²) < 4.78 is 29.0. The summed E-state index contributed by atoms with van der Waals surface area (Å²) in [5, 5.41) is 3.79. The van der Waals surface area contributed by atoms with Gasteiger partial charge in [0.25, 0.3) is 10.0 Å². The van der Waals surface area contributed by atoms with E-state index < -0.39 is 28.5 Å². The molecule has 3 aromatic rings. The van der Waals surface area contributed by atoms with Crippen LogP contribution in [0.1, 0.15) is 55.7 Å². The first kappa shape index (κ1) is 31.9. The Morgan fingerprint density at radius 2 is 1.43 bits per heavy atom. The fraction of sp³-hybridized carbons (Fsp3) is 0.375. The van der Waals surface area contributed by atoms with Crippen LogP contribution in [0.4, 0.5) is 5.69 Å². The number of halogens is 2. The number of nitrogens with zero attached hydrogens (tertiary/aromatic N) is 2. The summed E-state index contributed by atoms with van der Waals surface area (Å²) in [4.78, 5) is 29.0. The summed E-state index contributed by atoms with van der Waals surface area (Å²) in [6.45, 7) is 4.82. The number of carbonyl (C=O) groups excluding carboxylic acids is 2. The lowest BCUT2D eigenvalue weighted by Crippen LogP contribution is -2.53. The van der Waals surface area contributed by atoms with Crippen molar-refractivity contribution in [3.8, 4) is 0 Å². The molecule has 3 aromatic carbocycles. The first-order chi connectivity index (χ1) is 20.0. The van der Waals surface area contributed by atoms with E-state index in [0.717, 1.165) is 47.5 Å². The SMILES string of the molecule is Cc1ccc(N(CC(=O)N(Cc2c(Cl)cccc2Cl)[C@H](C)C(=O)NC2CCCCC2)S(=O)(=O)c2ccc(C)cc2)cc1. The van der Waals surface area contributed by atoms with Crippen molar-refractivity contribution in [2.45, 2.75) is 76.4 Å². The molecule has 7 nitrogen and oxygen atoms in total. The van der Waals surface area contributed by atoms with Crippen LogP contribution in [-0.4, -0.2) is 43.8 Å². The summed E-state index contributed by atoms with van der Waals surface area (Å²) >= 11 is 12.9. The maximum atomic E-state index is 14.1. The molecule has 1 fully saturated rings. The van der Waals surface area contributed by atoms with Crippen LogP contribution >= 0.6 is 23.2 Å². The van der Waals surface area contributed by atoms with Gasteiger partial charge < -0.3 is 10.2 Å². The Balaban J connectivity index is 1.70. The molecule has 2 amide bonds. The Hall–Kier alpha value is -3.07. The second kappa shape index (κ2) is 13.9. The molecule has 0 radical (unpaired) electrons. The smallest absolute Gasteiger partial charge is 0.264 e. The van der Waals surface area contributed by atoms with Crippen LogP contribution in [-0.2, 0) is 26.2 Å². The zero-order valence-corrected chi connectivity index (χ0v) is 26.5. The molecule has 4 rings (SSSR count). The fourth-order valence-corrected chi connectivity index (χ4v) is 7.01. The van der Waals surface area contributed by atoms with E-state index in [1.165, 1.54) is 17.0 Å². The number of hydrogen-bond donors (Lipinski definition) is 1. The van der Waals surface area contributed by atoms with Gasteiger partial charge in [-0.25, -0.2) is 8.42 Å². The predicted octanol–water partition coefficient (Wildman–Crippen LogP) is 6.67. The average Bonchev–Trinajstić information content (AvgIpc) is 2.96. The number of anilines is 1. The third kappa shape index (κ3) is 7.65. The van der Waals surface area contributed by atoms with E-state index in [4.69, 9.17) is 23.2 Å². The minimum absolute atomic E-state index is 0.0422. The normalized spacial score (nSPS) is 14.7. The van der Waals surface area contributed by atoms with Crippen LogP contribution in [0.3, 0.4) is 0 Å². The van der Waals surface area contributed by atoms with Crippen molar-refractivity contribution in [2.75, 3.05) is 10.8 Å². The molecule has 1 N–H and O–H groups in total. The Morgan fingerprint density at radius 3 is 2.00 bits per heavy atom. The molecule has 0 heterocycles. The molecule has 0 aliphatic heterocycles. The van der Waals surface area contributed by atoms with E-state index in [-0.39, 0.29) is 23.4 Å². The minimum Gasteiger partial charge on any atom is -0.352 e. The van der Waals surface area contributed by atoms with Crippen LogP contribution in [0.5, 0.6) is 0 Å². The van der Waals surface area contributed by atoms with Gasteiger partial charge in [-0.3, -0.25) is 13.9 Å². The van der Waals surface area contributed by atoms with E-state index in [1.807, 2.05) is 13.8 Å². The van der Waals surface area contributed by atoms with Gasteiger partial charge in [0, 0.05) is 28.2 Å². The maximum absolute atomic E-state index is 14.1. The molecule has 0 aromatic heterocycles. The van der Waals surface area contributed by atoms with Crippen LogP contribution in [0.25, 0.3) is 0 Å². The molecule has 1 atom stereocenters. The molecule has 0 saturated heterocycles. The molecule has 1 saturated carbocycles. The Morgan fingerprint density at radius 1 is 0.881 bits per heavy atom. The molecule has 42 heavy (non-hydrogen) atoms. The van der Waals surface area contributed by atoms with Crippen molar-refractivity contribution >= 4 is 50.7 Å². The van der Waals surface area contributed by atoms with Crippen LogP contribution in [0, 0.1) is 13.8 Å². The summed E-state index contributed by atoms with van der Waals surface area (Å²) in [5.41, 5.74) is 2.67. The predicted molar refractivity (Wildman–Crippen MR) is 168 cm³/mol. The highest BCUT2D eigenvalue weighted by Crippen LogP contribution is 2.29. The largest absolute Gasteiger partial charge is 0.352 e. The second-order valence-electron chi connectivity index (χ2n) is 10.9. The number of nitrogens with one attached hydrogen (secondary N) is 1. The number of hydrogen-bond acceptors (Lipinski definition) is 4. The van der Waals surface area contributed by atoms with E-state index in [9.17, 15) is 18.0 Å². The molecule has 1 aliphatic carbocycles. The molecule has 0 spiro atoms. The second-order valence-corrected chi connectivity index (χ2v) is 13.6. The lowest BCUT2D eigenvalue weighted by atomic mass is 9.95. The van der Waals surface area contributed by atoms with Gasteiger partial charge in [-0.2, -0.15) is 0 Å². The molecule has 0 unspecified atom stereocenters. The van der Waals surface area contributed by atoms with Gasteiger partial charge in [0.2, 0.25) is 11.8 Å². The van der Waals surface area contributed by atoms with Crippen molar-refractivity contribution < 1.29 is 18.0 Å². The molecule has 224 valence electrons. The van der Waals surface area contributed by atoms with Crippen molar-refractivity contribution in [1.82, 2.24) is 10.2 Å². The van der Waals surface area contributed by atoms with Gasteiger partial charge in [-0.1, -0.05) is 83.9 Å². The van der Waals surface area contributed by atoms with Gasteiger partial charge in [0.1, 0.15) is 12.6 Å². The molecular weight excluding hydrogens is 593 g/mol. The molecular formula is C32H37Cl2N3O4S. The summed E-state index contributed by atoms with van der Waals surface area (Å²) in [7, 11) is -4.14. The highest BCUT2D eigenvalue weighted by atomic mass is 35.5. The topological polar surface area (TPSA) is 86.8 Å². The monoisotopic (exact) mass is 629 g/mol. The van der Waals surface area contributed by atoms with Gasteiger partial charge in [-0.05, 0) is 70.0 Å². The van der Waals surface area contributed by atoms with Crippen LogP contribution in [0.2, 0.25) is 10.0 Å². The van der Waals surface area contributed by atoms with Crippen LogP contribution < -0.4 is 9.62 Å². The first-order valence-corrected chi connectivity index (χ1v) is 16.4. The van der Waals surface area contributed by atoms with E-state index >= 15 is 0 Å². The number of rotatable bonds is 10. The van der Waals surface area contributed by atoms with E-state index in [1.54, 1.807) is 61.5 Å². The zero-order chi connectivity index (χ0) is 30.4. The van der Waals surface area contributed by atoms with Crippen molar-refractivity contribution in [3.05, 3.63) is 93.5 Å². The molecule has 1 aliphatic rings. The molecule has 0 bridgehead atoms. The standard InChI is InChI=1S/C32H37Cl2N3O4S/c1-22-12-16-26(17-13-22)37(42(40,41)27-18-14-23(2)15-19-27)21-31(38)36(20-28-29(33)10-7-11-30(28)34)24(3)32(39)35-25-8-5-4-6-9-25/h7,10-19,24-25H,4-6,8-9,20-21H2,1-3H3,(H,35,39)/t24-/m1/s1. The highest BCUT2D eigenvalue weighted by molar-refractivity contribution is 7.92. The van der Waals surface area contributed by atoms with Crippen molar-refractivity contribution in [1.29, 1.82) is 0 Å². The van der Waals surface area contributed by atoms with E-state index in [2.05, 4.69) is 5.32 Å².